The van der Waals surface area contributed by atoms with Crippen LogP contribution in [-0.2, 0) is 13.0 Å². The van der Waals surface area contributed by atoms with E-state index in [1.807, 2.05) is 13.8 Å². The Balaban J connectivity index is 0.000000880. The first-order chi connectivity index (χ1) is 12.0. The Morgan fingerprint density at radius 1 is 1.40 bits per heavy atom. The lowest BCUT2D eigenvalue weighted by molar-refractivity contribution is 0.0705. The molecule has 0 spiro atoms. The SMILES string of the molecule is CC.CN1CC2(CN3CCc4c(F)cc(C(=O)NO)cc4C3)CC1C2. The van der Waals surface area contributed by atoms with Crippen LogP contribution in [0.5, 0.6) is 0 Å². The number of carbonyl (C=O) groups excluding carboxylic acids is 1. The van der Waals surface area contributed by atoms with E-state index in [2.05, 4.69) is 16.8 Å². The lowest BCUT2D eigenvalue weighted by atomic mass is 9.69. The van der Waals surface area contributed by atoms with Gasteiger partial charge in [-0.25, -0.2) is 9.87 Å². The molecule has 1 aromatic rings. The number of hydroxylamine groups is 1. The van der Waals surface area contributed by atoms with E-state index in [0.717, 1.165) is 31.2 Å². The van der Waals surface area contributed by atoms with Crippen molar-refractivity contribution >= 4 is 5.91 Å². The van der Waals surface area contributed by atoms with Crippen molar-refractivity contribution in [3.63, 3.8) is 0 Å². The molecule has 0 aromatic heterocycles. The predicted octanol–water partition coefficient (Wildman–Crippen LogP) is 2.42. The molecule has 2 saturated heterocycles. The minimum atomic E-state index is -0.665. The number of rotatable bonds is 3. The molecule has 1 aliphatic carbocycles. The van der Waals surface area contributed by atoms with Crippen LogP contribution in [0.3, 0.4) is 0 Å². The van der Waals surface area contributed by atoms with Crippen molar-refractivity contribution in [3.8, 4) is 0 Å². The summed E-state index contributed by atoms with van der Waals surface area (Å²) in [5.74, 6) is -1.01. The van der Waals surface area contributed by atoms with Crippen LogP contribution in [0, 0.1) is 11.2 Å². The van der Waals surface area contributed by atoms with Crippen molar-refractivity contribution in [2.24, 2.45) is 5.41 Å². The fourth-order valence-corrected chi connectivity index (χ4v) is 4.73. The lowest BCUT2D eigenvalue weighted by Crippen LogP contribution is -2.45. The maximum absolute atomic E-state index is 14.2. The smallest absolute Gasteiger partial charge is 0.274 e. The van der Waals surface area contributed by atoms with Gasteiger partial charge < -0.3 is 4.90 Å². The van der Waals surface area contributed by atoms with E-state index in [1.54, 1.807) is 11.5 Å². The van der Waals surface area contributed by atoms with Crippen LogP contribution in [-0.4, -0.2) is 53.6 Å². The zero-order valence-electron chi connectivity index (χ0n) is 15.3. The fourth-order valence-electron chi connectivity index (χ4n) is 4.73. The Hall–Kier alpha value is -1.50. The second-order valence-corrected chi connectivity index (χ2v) is 7.47. The quantitative estimate of drug-likeness (QED) is 0.650. The third kappa shape index (κ3) is 3.30. The zero-order chi connectivity index (χ0) is 18.2. The van der Waals surface area contributed by atoms with Crippen LogP contribution in [0.4, 0.5) is 4.39 Å². The first-order valence-corrected chi connectivity index (χ1v) is 9.18. The second kappa shape index (κ2) is 7.02. The Morgan fingerprint density at radius 2 is 2.12 bits per heavy atom. The Bertz CT molecular complexity index is 658. The number of hydrogen-bond donors (Lipinski definition) is 2. The molecule has 1 amide bonds. The second-order valence-electron chi connectivity index (χ2n) is 7.47. The van der Waals surface area contributed by atoms with E-state index in [1.165, 1.54) is 18.9 Å². The van der Waals surface area contributed by atoms with Crippen LogP contribution >= 0.6 is 0 Å². The number of halogens is 1. The summed E-state index contributed by atoms with van der Waals surface area (Å²) in [4.78, 5) is 16.4. The molecule has 1 saturated carbocycles. The molecular weight excluding hydrogens is 321 g/mol. The third-order valence-corrected chi connectivity index (χ3v) is 5.83. The van der Waals surface area contributed by atoms with E-state index >= 15 is 0 Å². The molecule has 3 fully saturated rings. The molecule has 5 rings (SSSR count). The number of hydrogen-bond acceptors (Lipinski definition) is 4. The monoisotopic (exact) mass is 349 g/mol. The molecular formula is C19H28FN3O2. The van der Waals surface area contributed by atoms with Crippen molar-refractivity contribution in [3.05, 3.63) is 34.6 Å². The molecule has 2 bridgehead atoms. The van der Waals surface area contributed by atoms with Crippen molar-refractivity contribution in [1.29, 1.82) is 0 Å². The summed E-state index contributed by atoms with van der Waals surface area (Å²) in [6, 6.07) is 3.67. The van der Waals surface area contributed by atoms with Gasteiger partial charge in [-0.3, -0.25) is 14.9 Å². The predicted molar refractivity (Wildman–Crippen MR) is 94.1 cm³/mol. The van der Waals surface area contributed by atoms with Crippen LogP contribution in [0.15, 0.2) is 12.1 Å². The van der Waals surface area contributed by atoms with Crippen LogP contribution in [0.1, 0.15) is 48.2 Å². The van der Waals surface area contributed by atoms with Gasteiger partial charge >= 0.3 is 0 Å². The maximum atomic E-state index is 14.2. The van der Waals surface area contributed by atoms with E-state index in [0.29, 0.717) is 23.9 Å². The minimum Gasteiger partial charge on any atom is -0.303 e. The van der Waals surface area contributed by atoms with Gasteiger partial charge in [-0.05, 0) is 55.0 Å². The van der Waals surface area contributed by atoms with Crippen LogP contribution < -0.4 is 5.48 Å². The Labute approximate surface area is 148 Å². The molecule has 138 valence electrons. The summed E-state index contributed by atoms with van der Waals surface area (Å²) in [6.45, 7) is 7.74. The molecule has 6 heteroatoms. The number of nitrogens with zero attached hydrogens (tertiary/aromatic N) is 2. The molecule has 2 N–H and O–H groups in total. The molecule has 25 heavy (non-hydrogen) atoms. The molecule has 3 aliphatic heterocycles. The summed E-state index contributed by atoms with van der Waals surface area (Å²) < 4.78 is 14.2. The Morgan fingerprint density at radius 3 is 2.72 bits per heavy atom. The van der Waals surface area contributed by atoms with Gasteiger partial charge in [0, 0.05) is 37.8 Å². The largest absolute Gasteiger partial charge is 0.303 e. The summed E-state index contributed by atoms with van der Waals surface area (Å²) in [5.41, 5.74) is 3.74. The molecule has 0 radical (unpaired) electrons. The van der Waals surface area contributed by atoms with Gasteiger partial charge in [-0.15, -0.1) is 0 Å². The molecule has 1 aromatic carbocycles. The van der Waals surface area contributed by atoms with Crippen molar-refractivity contribution < 1.29 is 14.4 Å². The van der Waals surface area contributed by atoms with Crippen molar-refractivity contribution in [2.45, 2.75) is 45.7 Å². The average molecular weight is 349 g/mol. The van der Waals surface area contributed by atoms with E-state index in [9.17, 15) is 9.18 Å². The molecule has 5 nitrogen and oxygen atoms in total. The third-order valence-electron chi connectivity index (χ3n) is 5.83. The van der Waals surface area contributed by atoms with Crippen molar-refractivity contribution in [1.82, 2.24) is 15.3 Å². The van der Waals surface area contributed by atoms with Gasteiger partial charge in [-0.1, -0.05) is 13.8 Å². The van der Waals surface area contributed by atoms with Crippen LogP contribution in [0.25, 0.3) is 0 Å². The highest BCUT2D eigenvalue weighted by Crippen LogP contribution is 2.51. The number of benzene rings is 1. The van der Waals surface area contributed by atoms with Crippen LogP contribution in [0.2, 0.25) is 0 Å². The maximum Gasteiger partial charge on any atom is 0.274 e. The number of nitrogens with one attached hydrogen (secondary N) is 1. The van der Waals surface area contributed by atoms with E-state index in [-0.39, 0.29) is 11.4 Å². The summed E-state index contributed by atoms with van der Waals surface area (Å²) >= 11 is 0. The molecule has 0 unspecified atom stereocenters. The lowest BCUT2D eigenvalue weighted by Gasteiger charge is -2.42. The van der Waals surface area contributed by atoms with E-state index in [4.69, 9.17) is 5.21 Å². The normalized spacial score (nSPS) is 27.8. The average Bonchev–Trinajstić information content (AvgIpc) is 3.06. The molecule has 0 atom stereocenters. The van der Waals surface area contributed by atoms with Gasteiger partial charge in [0.1, 0.15) is 5.82 Å². The Kier molecular flexibility index (Phi) is 5.14. The first-order valence-electron chi connectivity index (χ1n) is 9.18. The highest BCUT2D eigenvalue weighted by Gasteiger charge is 2.54. The first kappa shape index (κ1) is 18.3. The zero-order valence-corrected chi connectivity index (χ0v) is 15.3. The summed E-state index contributed by atoms with van der Waals surface area (Å²) in [7, 11) is 2.19. The highest BCUT2D eigenvalue weighted by molar-refractivity contribution is 5.93. The highest BCUT2D eigenvalue weighted by atomic mass is 19.1. The van der Waals surface area contributed by atoms with E-state index < -0.39 is 5.91 Å². The van der Waals surface area contributed by atoms with Gasteiger partial charge in [-0.2, -0.15) is 0 Å². The summed E-state index contributed by atoms with van der Waals surface area (Å²) in [6.07, 6.45) is 3.22. The number of carbonyl (C=O) groups is 1. The molecule has 3 heterocycles. The van der Waals surface area contributed by atoms with Gasteiger partial charge in [0.25, 0.3) is 5.91 Å². The van der Waals surface area contributed by atoms with Gasteiger partial charge in [0.15, 0.2) is 0 Å². The standard InChI is InChI=1S/C17H22FN3O2.C2H6/c1-20-9-17(6-13(20)7-17)10-21-3-2-14-12(8-21)4-11(5-15(14)18)16(22)19-23;1-2/h4-5,13,23H,2-3,6-10H2,1H3,(H,19,22);1-2H3. The van der Waals surface area contributed by atoms with Gasteiger partial charge in [0.2, 0.25) is 0 Å². The van der Waals surface area contributed by atoms with Gasteiger partial charge in [0.05, 0.1) is 0 Å². The topological polar surface area (TPSA) is 55.8 Å². The minimum absolute atomic E-state index is 0.174. The summed E-state index contributed by atoms with van der Waals surface area (Å²) in [5, 5.41) is 8.75. The van der Waals surface area contributed by atoms with Crippen molar-refractivity contribution in [2.75, 3.05) is 26.7 Å². The molecule has 4 aliphatic rings. The number of amides is 1. The number of fused-ring (bicyclic) bond motifs is 2. The fraction of sp³-hybridized carbons (Fsp3) is 0.632.